The Balaban J connectivity index is 2.32. The van der Waals surface area contributed by atoms with Crippen LogP contribution in [-0.4, -0.2) is 19.5 Å². The van der Waals surface area contributed by atoms with Gasteiger partial charge in [-0.25, -0.2) is 4.99 Å². The largest absolute Gasteiger partial charge is 0.495 e. The zero-order chi connectivity index (χ0) is 6.81. The molecule has 52 valence electrons. The van der Waals surface area contributed by atoms with Crippen LogP contribution in [0.1, 0.15) is 0 Å². The molecular weight excluding hydrogens is 128 g/mol. The minimum Gasteiger partial charge on any atom is -0.495 e. The van der Waals surface area contributed by atoms with E-state index < -0.39 is 0 Å². The molecule has 0 fully saturated rings. The summed E-state index contributed by atoms with van der Waals surface area (Å²) in [6.45, 7) is 1.49. The number of rotatable bonds is 0. The third-order valence-electron chi connectivity index (χ3n) is 1.56. The van der Waals surface area contributed by atoms with Gasteiger partial charge in [-0.2, -0.15) is 0 Å². The first kappa shape index (κ1) is 5.53. The van der Waals surface area contributed by atoms with Crippen LogP contribution >= 0.6 is 0 Å². The molecule has 2 aliphatic rings. The Labute approximate surface area is 59.1 Å². The van der Waals surface area contributed by atoms with Gasteiger partial charge in [0.1, 0.15) is 6.61 Å². The summed E-state index contributed by atoms with van der Waals surface area (Å²) in [6, 6.07) is 0. The van der Waals surface area contributed by atoms with Crippen molar-refractivity contribution in [2.45, 2.75) is 0 Å². The lowest BCUT2D eigenvalue weighted by atomic mass is 10.1. The van der Waals surface area contributed by atoms with Crippen LogP contribution in [0.3, 0.4) is 0 Å². The van der Waals surface area contributed by atoms with E-state index in [9.17, 15) is 0 Å². The summed E-state index contributed by atoms with van der Waals surface area (Å²) in [4.78, 5) is 4.12. The van der Waals surface area contributed by atoms with Crippen molar-refractivity contribution in [2.75, 3.05) is 13.2 Å². The van der Waals surface area contributed by atoms with Crippen LogP contribution in [0.15, 0.2) is 28.6 Å². The molecule has 0 saturated heterocycles. The maximum absolute atomic E-state index is 5.06. The number of nitrogens with zero attached hydrogens (tertiary/aromatic N) is 1. The van der Waals surface area contributed by atoms with E-state index in [-0.39, 0.29) is 0 Å². The van der Waals surface area contributed by atoms with E-state index in [0.717, 1.165) is 12.2 Å². The van der Waals surface area contributed by atoms with Crippen LogP contribution in [0, 0.1) is 0 Å². The van der Waals surface area contributed by atoms with Gasteiger partial charge >= 0.3 is 0 Å². The van der Waals surface area contributed by atoms with Gasteiger partial charge in [-0.3, -0.25) is 0 Å². The summed E-state index contributed by atoms with van der Waals surface area (Å²) < 4.78 is 5.06. The van der Waals surface area contributed by atoms with Crippen molar-refractivity contribution in [3.63, 3.8) is 0 Å². The highest BCUT2D eigenvalue weighted by Crippen LogP contribution is 2.14. The SMILES string of the molecule is C1=CC2=C(CO1)N=CNC2. The number of hydrogen-bond acceptors (Lipinski definition) is 3. The monoisotopic (exact) mass is 136 g/mol. The van der Waals surface area contributed by atoms with E-state index in [2.05, 4.69) is 10.3 Å². The molecule has 0 spiro atoms. The zero-order valence-electron chi connectivity index (χ0n) is 5.50. The van der Waals surface area contributed by atoms with Gasteiger partial charge in [-0.05, 0) is 11.6 Å². The van der Waals surface area contributed by atoms with Crippen molar-refractivity contribution < 1.29 is 4.74 Å². The smallest absolute Gasteiger partial charge is 0.130 e. The lowest BCUT2D eigenvalue weighted by Gasteiger charge is -2.16. The molecule has 2 aliphatic heterocycles. The minimum absolute atomic E-state index is 0.615. The molecule has 3 nitrogen and oxygen atoms in total. The molecule has 0 amide bonds. The van der Waals surface area contributed by atoms with Gasteiger partial charge in [0, 0.05) is 6.54 Å². The van der Waals surface area contributed by atoms with Crippen LogP contribution in [0.4, 0.5) is 0 Å². The standard InChI is InChI=1S/C7H8N2O/c1-2-10-4-7-6(1)3-8-5-9-7/h1-2,5H,3-4H2,(H,8,9). The highest BCUT2D eigenvalue weighted by atomic mass is 16.5. The normalized spacial score (nSPS) is 21.6. The minimum atomic E-state index is 0.615. The lowest BCUT2D eigenvalue weighted by molar-refractivity contribution is 0.272. The second-order valence-electron chi connectivity index (χ2n) is 2.22. The number of hydrogen-bond donors (Lipinski definition) is 1. The summed E-state index contributed by atoms with van der Waals surface area (Å²) in [5.74, 6) is 0. The molecule has 2 heterocycles. The second kappa shape index (κ2) is 2.17. The number of aliphatic imine (C=N–C) groups is 1. The van der Waals surface area contributed by atoms with Gasteiger partial charge in [0.15, 0.2) is 0 Å². The molecule has 0 aromatic rings. The van der Waals surface area contributed by atoms with Crippen LogP contribution in [0.2, 0.25) is 0 Å². The van der Waals surface area contributed by atoms with E-state index in [1.165, 1.54) is 5.57 Å². The molecule has 0 atom stereocenters. The number of ether oxygens (including phenoxy) is 1. The van der Waals surface area contributed by atoms with Crippen LogP contribution < -0.4 is 5.32 Å². The topological polar surface area (TPSA) is 33.6 Å². The third-order valence-corrected chi connectivity index (χ3v) is 1.56. The second-order valence-corrected chi connectivity index (χ2v) is 2.22. The molecular formula is C7H8N2O. The molecule has 0 aromatic carbocycles. The van der Waals surface area contributed by atoms with Gasteiger partial charge in [0.25, 0.3) is 0 Å². The first-order valence-electron chi connectivity index (χ1n) is 3.23. The van der Waals surface area contributed by atoms with Gasteiger partial charge in [0.05, 0.1) is 18.3 Å². The Hall–Kier alpha value is -1.25. The van der Waals surface area contributed by atoms with Gasteiger partial charge in [0.2, 0.25) is 0 Å². The Morgan fingerprint density at radius 2 is 2.60 bits per heavy atom. The van der Waals surface area contributed by atoms with Crippen LogP contribution in [0.25, 0.3) is 0 Å². The van der Waals surface area contributed by atoms with Crippen molar-refractivity contribution in [3.8, 4) is 0 Å². The van der Waals surface area contributed by atoms with E-state index in [1.807, 2.05) is 6.08 Å². The van der Waals surface area contributed by atoms with Crippen molar-refractivity contribution in [3.05, 3.63) is 23.6 Å². The molecule has 1 N–H and O–H groups in total. The molecule has 0 aliphatic carbocycles. The van der Waals surface area contributed by atoms with E-state index in [0.29, 0.717) is 6.61 Å². The molecule has 0 radical (unpaired) electrons. The molecule has 3 heteroatoms. The molecule has 2 rings (SSSR count). The lowest BCUT2D eigenvalue weighted by Crippen LogP contribution is -2.21. The maximum atomic E-state index is 5.06. The van der Waals surface area contributed by atoms with Crippen LogP contribution in [-0.2, 0) is 4.74 Å². The molecule has 0 bridgehead atoms. The third kappa shape index (κ3) is 0.795. The predicted molar refractivity (Wildman–Crippen MR) is 38.6 cm³/mol. The molecule has 0 aromatic heterocycles. The number of nitrogens with one attached hydrogen (secondary N) is 1. The first-order chi connectivity index (χ1) is 4.97. The van der Waals surface area contributed by atoms with Crippen LogP contribution in [0.5, 0.6) is 0 Å². The van der Waals surface area contributed by atoms with Crippen molar-refractivity contribution in [2.24, 2.45) is 4.99 Å². The Morgan fingerprint density at radius 3 is 3.50 bits per heavy atom. The van der Waals surface area contributed by atoms with Crippen molar-refractivity contribution >= 4 is 6.34 Å². The van der Waals surface area contributed by atoms with Gasteiger partial charge in [-0.15, -0.1) is 0 Å². The zero-order valence-corrected chi connectivity index (χ0v) is 5.50. The molecule has 0 saturated carbocycles. The maximum Gasteiger partial charge on any atom is 0.130 e. The fourth-order valence-electron chi connectivity index (χ4n) is 1.01. The summed E-state index contributed by atoms with van der Waals surface area (Å²) in [7, 11) is 0. The Kier molecular flexibility index (Phi) is 1.20. The summed E-state index contributed by atoms with van der Waals surface area (Å²) in [5.41, 5.74) is 2.27. The summed E-state index contributed by atoms with van der Waals surface area (Å²) in [5, 5.41) is 3.03. The Morgan fingerprint density at radius 1 is 1.60 bits per heavy atom. The average molecular weight is 136 g/mol. The quantitative estimate of drug-likeness (QED) is 0.523. The summed E-state index contributed by atoms with van der Waals surface area (Å²) >= 11 is 0. The molecule has 0 unspecified atom stereocenters. The first-order valence-corrected chi connectivity index (χ1v) is 3.23. The van der Waals surface area contributed by atoms with Gasteiger partial charge in [-0.1, -0.05) is 0 Å². The van der Waals surface area contributed by atoms with E-state index in [1.54, 1.807) is 12.6 Å². The van der Waals surface area contributed by atoms with Gasteiger partial charge < -0.3 is 10.1 Å². The fourth-order valence-corrected chi connectivity index (χ4v) is 1.01. The fraction of sp³-hybridized carbons (Fsp3) is 0.286. The summed E-state index contributed by atoms with van der Waals surface area (Å²) in [6.07, 6.45) is 5.37. The average Bonchev–Trinajstić information content (AvgIpc) is 2.05. The predicted octanol–water partition coefficient (Wildman–Crippen LogP) is 0.416. The Bertz CT molecular complexity index is 204. The van der Waals surface area contributed by atoms with E-state index >= 15 is 0 Å². The van der Waals surface area contributed by atoms with Crippen molar-refractivity contribution in [1.82, 2.24) is 5.32 Å². The van der Waals surface area contributed by atoms with Crippen molar-refractivity contribution in [1.29, 1.82) is 0 Å². The molecule has 10 heavy (non-hydrogen) atoms. The van der Waals surface area contributed by atoms with E-state index in [4.69, 9.17) is 4.74 Å². The highest BCUT2D eigenvalue weighted by molar-refractivity contribution is 5.60. The highest BCUT2D eigenvalue weighted by Gasteiger charge is 2.09.